The summed E-state index contributed by atoms with van der Waals surface area (Å²) in [5.74, 6) is 1.71. The molecule has 0 spiro atoms. The molecule has 1 N–H and O–H groups in total. The van der Waals surface area contributed by atoms with Gasteiger partial charge in [-0.2, -0.15) is 0 Å². The summed E-state index contributed by atoms with van der Waals surface area (Å²) in [6.07, 6.45) is 4.99. The Balaban J connectivity index is 2.00. The normalized spacial score (nSPS) is 18.7. The minimum atomic E-state index is 0.00620. The summed E-state index contributed by atoms with van der Waals surface area (Å²) in [6.45, 7) is 0. The van der Waals surface area contributed by atoms with Crippen LogP contribution in [0.1, 0.15) is 11.9 Å². The van der Waals surface area contributed by atoms with Gasteiger partial charge in [0.2, 0.25) is 0 Å². The summed E-state index contributed by atoms with van der Waals surface area (Å²) in [5.41, 5.74) is 0.985. The molecule has 1 unspecified atom stereocenters. The molecule has 5 heteroatoms. The fourth-order valence-electron chi connectivity index (χ4n) is 1.77. The third kappa shape index (κ3) is 1.16. The van der Waals surface area contributed by atoms with Crippen molar-refractivity contribution in [3.05, 3.63) is 36.7 Å². The Morgan fingerprint density at radius 1 is 1.53 bits per heavy atom. The maximum absolute atomic E-state index is 5.37. The van der Waals surface area contributed by atoms with Crippen molar-refractivity contribution >= 4 is 11.5 Å². The maximum atomic E-state index is 5.37. The summed E-state index contributed by atoms with van der Waals surface area (Å²) in [6, 6.07) is 3.81. The summed E-state index contributed by atoms with van der Waals surface area (Å²) < 4.78 is 5.37. The van der Waals surface area contributed by atoms with E-state index >= 15 is 0 Å². The smallest absolute Gasteiger partial charge is 0.160 e. The molecule has 0 bridgehead atoms. The molecule has 0 aromatic carbocycles. The molecule has 76 valence electrons. The van der Waals surface area contributed by atoms with Gasteiger partial charge in [0.15, 0.2) is 12.0 Å². The molecule has 0 aliphatic carbocycles. The number of rotatable bonds is 1. The van der Waals surface area contributed by atoms with Gasteiger partial charge in [-0.25, -0.2) is 9.97 Å². The van der Waals surface area contributed by atoms with Gasteiger partial charge in [0.1, 0.15) is 17.8 Å². The van der Waals surface area contributed by atoms with E-state index in [0.29, 0.717) is 0 Å². The van der Waals surface area contributed by atoms with Crippen LogP contribution in [0.15, 0.2) is 35.3 Å². The fourth-order valence-corrected chi connectivity index (χ4v) is 1.77. The quantitative estimate of drug-likeness (QED) is 0.761. The summed E-state index contributed by atoms with van der Waals surface area (Å²) in [5, 5.41) is 3.27. The molecule has 0 amide bonds. The van der Waals surface area contributed by atoms with E-state index in [1.54, 1.807) is 12.5 Å². The number of nitrogens with zero attached hydrogens (tertiary/aromatic N) is 3. The highest BCUT2D eigenvalue weighted by Gasteiger charge is 2.29. The van der Waals surface area contributed by atoms with Crippen LogP contribution in [0.2, 0.25) is 0 Å². The zero-order chi connectivity index (χ0) is 10.3. The first-order valence-corrected chi connectivity index (χ1v) is 4.69. The lowest BCUT2D eigenvalue weighted by atomic mass is 10.3. The second kappa shape index (κ2) is 2.98. The third-order valence-corrected chi connectivity index (χ3v) is 2.55. The number of aromatic nitrogens is 2. The van der Waals surface area contributed by atoms with Gasteiger partial charge in [-0.3, -0.25) is 0 Å². The summed E-state index contributed by atoms with van der Waals surface area (Å²) in [4.78, 5) is 10.2. The Kier molecular flexibility index (Phi) is 1.65. The third-order valence-electron chi connectivity index (χ3n) is 2.55. The number of furan rings is 1. The van der Waals surface area contributed by atoms with Crippen molar-refractivity contribution in [2.45, 2.75) is 6.17 Å². The van der Waals surface area contributed by atoms with E-state index in [4.69, 9.17) is 4.42 Å². The average Bonchev–Trinajstić information content (AvgIpc) is 2.87. The molecule has 2 aromatic heterocycles. The lowest BCUT2D eigenvalue weighted by Crippen LogP contribution is -2.22. The molecule has 3 rings (SSSR count). The molecule has 0 saturated heterocycles. The van der Waals surface area contributed by atoms with E-state index in [1.807, 2.05) is 24.1 Å². The lowest BCUT2D eigenvalue weighted by molar-refractivity contribution is 0.481. The number of hydrogen-bond donors (Lipinski definition) is 1. The molecular formula is C10H10N4O. The van der Waals surface area contributed by atoms with Gasteiger partial charge < -0.3 is 14.6 Å². The average molecular weight is 202 g/mol. The topological polar surface area (TPSA) is 54.2 Å². The highest BCUT2D eigenvalue weighted by molar-refractivity contribution is 5.71. The molecule has 0 saturated carbocycles. The predicted molar refractivity (Wildman–Crippen MR) is 55.5 cm³/mol. The summed E-state index contributed by atoms with van der Waals surface area (Å²) in [7, 11) is 1.98. The van der Waals surface area contributed by atoms with Gasteiger partial charge in [-0.05, 0) is 12.1 Å². The van der Waals surface area contributed by atoms with Crippen LogP contribution in [-0.4, -0.2) is 17.0 Å². The molecule has 3 heterocycles. The Hall–Kier alpha value is -2.04. The standard InChI is InChI=1S/C10H10N4O/c1-14-7-5-11-6-12-9(7)13-10(14)8-3-2-4-15-8/h2-6,10H,1H3,(H,11,12,13). The first kappa shape index (κ1) is 8.28. The number of hydrogen-bond acceptors (Lipinski definition) is 5. The zero-order valence-electron chi connectivity index (χ0n) is 8.21. The molecule has 0 fully saturated rings. The Morgan fingerprint density at radius 2 is 2.47 bits per heavy atom. The predicted octanol–water partition coefficient (Wildman–Crippen LogP) is 1.63. The maximum Gasteiger partial charge on any atom is 0.160 e. The SMILES string of the molecule is CN1c2cncnc2NC1c1ccco1. The number of anilines is 2. The van der Waals surface area contributed by atoms with Crippen LogP contribution >= 0.6 is 0 Å². The van der Waals surface area contributed by atoms with Gasteiger partial charge >= 0.3 is 0 Å². The van der Waals surface area contributed by atoms with Crippen LogP contribution in [-0.2, 0) is 0 Å². The molecule has 15 heavy (non-hydrogen) atoms. The zero-order valence-corrected chi connectivity index (χ0v) is 8.21. The van der Waals surface area contributed by atoms with E-state index in [0.717, 1.165) is 17.3 Å². The number of fused-ring (bicyclic) bond motifs is 1. The minimum absolute atomic E-state index is 0.00620. The van der Waals surface area contributed by atoms with Crippen molar-refractivity contribution in [1.82, 2.24) is 9.97 Å². The van der Waals surface area contributed by atoms with Gasteiger partial charge in [-0.15, -0.1) is 0 Å². The molecule has 5 nitrogen and oxygen atoms in total. The number of nitrogens with one attached hydrogen (secondary N) is 1. The Labute approximate surface area is 86.8 Å². The molecule has 1 aliphatic rings. The minimum Gasteiger partial charge on any atom is -0.465 e. The first-order chi connectivity index (χ1) is 7.36. The Morgan fingerprint density at radius 3 is 3.20 bits per heavy atom. The Bertz CT molecular complexity index is 468. The van der Waals surface area contributed by atoms with Crippen LogP contribution in [0.3, 0.4) is 0 Å². The van der Waals surface area contributed by atoms with E-state index in [-0.39, 0.29) is 6.17 Å². The largest absolute Gasteiger partial charge is 0.465 e. The van der Waals surface area contributed by atoms with Crippen molar-refractivity contribution in [1.29, 1.82) is 0 Å². The van der Waals surface area contributed by atoms with Crippen LogP contribution in [0.4, 0.5) is 11.5 Å². The van der Waals surface area contributed by atoms with Gasteiger partial charge in [0.25, 0.3) is 0 Å². The lowest BCUT2D eigenvalue weighted by Gasteiger charge is -2.18. The first-order valence-electron chi connectivity index (χ1n) is 4.69. The van der Waals surface area contributed by atoms with Crippen LogP contribution in [0.5, 0.6) is 0 Å². The van der Waals surface area contributed by atoms with E-state index in [9.17, 15) is 0 Å². The van der Waals surface area contributed by atoms with Crippen LogP contribution in [0.25, 0.3) is 0 Å². The van der Waals surface area contributed by atoms with Crippen molar-refractivity contribution < 1.29 is 4.42 Å². The second-order valence-corrected chi connectivity index (χ2v) is 3.43. The summed E-state index contributed by atoms with van der Waals surface area (Å²) >= 11 is 0. The van der Waals surface area contributed by atoms with Crippen molar-refractivity contribution in [3.63, 3.8) is 0 Å². The van der Waals surface area contributed by atoms with Crippen LogP contribution in [0, 0.1) is 0 Å². The highest BCUT2D eigenvalue weighted by atomic mass is 16.3. The van der Waals surface area contributed by atoms with Gasteiger partial charge in [0.05, 0.1) is 12.5 Å². The molecule has 1 atom stereocenters. The fraction of sp³-hybridized carbons (Fsp3) is 0.200. The van der Waals surface area contributed by atoms with E-state index in [2.05, 4.69) is 15.3 Å². The molecule has 2 aromatic rings. The van der Waals surface area contributed by atoms with Gasteiger partial charge in [-0.1, -0.05) is 0 Å². The van der Waals surface area contributed by atoms with Crippen molar-refractivity contribution in [2.24, 2.45) is 0 Å². The van der Waals surface area contributed by atoms with E-state index in [1.165, 1.54) is 6.33 Å². The molecule has 1 aliphatic heterocycles. The van der Waals surface area contributed by atoms with Crippen molar-refractivity contribution in [2.75, 3.05) is 17.3 Å². The van der Waals surface area contributed by atoms with E-state index < -0.39 is 0 Å². The van der Waals surface area contributed by atoms with Gasteiger partial charge in [0, 0.05) is 7.05 Å². The molecular weight excluding hydrogens is 192 g/mol. The van der Waals surface area contributed by atoms with Crippen molar-refractivity contribution in [3.8, 4) is 0 Å². The second-order valence-electron chi connectivity index (χ2n) is 3.43. The van der Waals surface area contributed by atoms with Crippen LogP contribution < -0.4 is 10.2 Å². The molecule has 0 radical (unpaired) electrons. The highest BCUT2D eigenvalue weighted by Crippen LogP contribution is 2.37. The monoisotopic (exact) mass is 202 g/mol.